The summed E-state index contributed by atoms with van der Waals surface area (Å²) in [6, 6.07) is 8.88. The molecule has 1 aliphatic rings. The first-order valence-electron chi connectivity index (χ1n) is 9.19. The molecule has 6 nitrogen and oxygen atoms in total. The minimum Gasteiger partial charge on any atom is -0.444 e. The standard InChI is InChI=1S/C20H30N2O4S/c1-19(2,3)26-18(24)21-16(15-9-7-6-8-10-15)20(4,5)17(23)22-11-13-27(25)14-12-22/h6-10,16H,11-14H2,1-5H3,(H,21,24)/t16-/m0/s1. The Hall–Kier alpha value is -1.89. The van der Waals surface area contributed by atoms with E-state index in [1.807, 2.05) is 44.2 Å². The largest absolute Gasteiger partial charge is 0.444 e. The molecule has 1 heterocycles. The molecule has 27 heavy (non-hydrogen) atoms. The summed E-state index contributed by atoms with van der Waals surface area (Å²) >= 11 is 0. The van der Waals surface area contributed by atoms with Crippen LogP contribution in [0.4, 0.5) is 4.79 Å². The van der Waals surface area contributed by atoms with Crippen molar-refractivity contribution >= 4 is 22.8 Å². The van der Waals surface area contributed by atoms with Gasteiger partial charge in [0.2, 0.25) is 5.91 Å². The molecular weight excluding hydrogens is 364 g/mol. The molecule has 1 aromatic carbocycles. The first-order chi connectivity index (χ1) is 12.5. The molecule has 150 valence electrons. The normalized spacial score (nSPS) is 17.3. The van der Waals surface area contributed by atoms with E-state index in [-0.39, 0.29) is 5.91 Å². The zero-order valence-corrected chi connectivity index (χ0v) is 17.6. The lowest BCUT2D eigenvalue weighted by molar-refractivity contribution is -0.141. The van der Waals surface area contributed by atoms with Gasteiger partial charge in [-0.25, -0.2) is 4.79 Å². The minimum absolute atomic E-state index is 0.0656. The van der Waals surface area contributed by atoms with Gasteiger partial charge in [0.05, 0.1) is 11.5 Å². The third-order valence-electron chi connectivity index (χ3n) is 4.53. The van der Waals surface area contributed by atoms with Gasteiger partial charge < -0.3 is 15.0 Å². The molecule has 1 aromatic rings. The lowest BCUT2D eigenvalue weighted by Gasteiger charge is -2.39. The maximum Gasteiger partial charge on any atom is 0.408 e. The number of nitrogens with one attached hydrogen (secondary N) is 1. The van der Waals surface area contributed by atoms with E-state index in [0.717, 1.165) is 5.56 Å². The van der Waals surface area contributed by atoms with Crippen LogP contribution < -0.4 is 5.32 Å². The van der Waals surface area contributed by atoms with Gasteiger partial charge in [-0.3, -0.25) is 9.00 Å². The second kappa shape index (κ2) is 8.42. The lowest BCUT2D eigenvalue weighted by atomic mass is 9.79. The molecule has 0 unspecified atom stereocenters. The Morgan fingerprint density at radius 3 is 2.15 bits per heavy atom. The lowest BCUT2D eigenvalue weighted by Crippen LogP contribution is -2.52. The van der Waals surface area contributed by atoms with Crippen LogP contribution in [0.2, 0.25) is 0 Å². The van der Waals surface area contributed by atoms with E-state index in [4.69, 9.17) is 4.74 Å². The van der Waals surface area contributed by atoms with Gasteiger partial charge in [0, 0.05) is 35.4 Å². The number of hydrogen-bond donors (Lipinski definition) is 1. The van der Waals surface area contributed by atoms with Crippen LogP contribution in [0.5, 0.6) is 0 Å². The summed E-state index contributed by atoms with van der Waals surface area (Å²) in [7, 11) is -0.855. The second-order valence-corrected chi connectivity index (χ2v) is 10.0. The number of rotatable bonds is 4. The summed E-state index contributed by atoms with van der Waals surface area (Å²) < 4.78 is 17.0. The number of nitrogens with zero attached hydrogens (tertiary/aromatic N) is 1. The number of benzene rings is 1. The van der Waals surface area contributed by atoms with Gasteiger partial charge in [0.25, 0.3) is 0 Å². The quantitative estimate of drug-likeness (QED) is 0.852. The first kappa shape index (κ1) is 21.4. The zero-order valence-electron chi connectivity index (χ0n) is 16.8. The topological polar surface area (TPSA) is 75.7 Å². The number of amides is 2. The van der Waals surface area contributed by atoms with E-state index in [2.05, 4.69) is 5.32 Å². The average molecular weight is 395 g/mol. The van der Waals surface area contributed by atoms with Crippen molar-refractivity contribution in [3.05, 3.63) is 35.9 Å². The zero-order chi connectivity index (χ0) is 20.2. The molecule has 1 fully saturated rings. The fourth-order valence-electron chi connectivity index (χ4n) is 3.12. The molecule has 1 atom stereocenters. The predicted molar refractivity (Wildman–Crippen MR) is 107 cm³/mol. The summed E-state index contributed by atoms with van der Waals surface area (Å²) in [5.74, 6) is 0.929. The van der Waals surface area contributed by atoms with E-state index in [1.54, 1.807) is 25.7 Å². The van der Waals surface area contributed by atoms with Crippen molar-refractivity contribution in [1.29, 1.82) is 0 Å². The van der Waals surface area contributed by atoms with Crippen LogP contribution in [0.25, 0.3) is 0 Å². The van der Waals surface area contributed by atoms with Gasteiger partial charge in [-0.2, -0.15) is 0 Å². The maximum atomic E-state index is 13.2. The number of carbonyl (C=O) groups is 2. The highest BCUT2D eigenvalue weighted by molar-refractivity contribution is 7.85. The molecule has 0 spiro atoms. The SMILES string of the molecule is CC(C)(C)OC(=O)N[C@@H](c1ccccc1)C(C)(C)C(=O)N1CCS(=O)CC1. The highest BCUT2D eigenvalue weighted by Gasteiger charge is 2.42. The Balaban J connectivity index is 2.26. The molecule has 0 aliphatic carbocycles. The summed E-state index contributed by atoms with van der Waals surface area (Å²) in [6.45, 7) is 10.0. The van der Waals surface area contributed by atoms with Crippen LogP contribution in [-0.4, -0.2) is 51.3 Å². The molecule has 0 bridgehead atoms. The highest BCUT2D eigenvalue weighted by Crippen LogP contribution is 2.36. The van der Waals surface area contributed by atoms with Crippen molar-refractivity contribution in [3.8, 4) is 0 Å². The van der Waals surface area contributed by atoms with Crippen molar-refractivity contribution in [2.75, 3.05) is 24.6 Å². The van der Waals surface area contributed by atoms with Crippen LogP contribution in [0.15, 0.2) is 30.3 Å². The Kier molecular flexibility index (Phi) is 6.68. The smallest absolute Gasteiger partial charge is 0.408 e. The van der Waals surface area contributed by atoms with Crippen LogP contribution in [0.1, 0.15) is 46.2 Å². The van der Waals surface area contributed by atoms with Gasteiger partial charge in [0.1, 0.15) is 5.60 Å². The molecule has 0 saturated carbocycles. The number of alkyl carbamates (subject to hydrolysis) is 1. The minimum atomic E-state index is -0.892. The third-order valence-corrected chi connectivity index (χ3v) is 5.81. The van der Waals surface area contributed by atoms with Gasteiger partial charge >= 0.3 is 6.09 Å². The van der Waals surface area contributed by atoms with E-state index < -0.39 is 34.0 Å². The molecule has 1 N–H and O–H groups in total. The van der Waals surface area contributed by atoms with Crippen molar-refractivity contribution in [1.82, 2.24) is 10.2 Å². The molecule has 7 heteroatoms. The fourth-order valence-corrected chi connectivity index (χ4v) is 4.18. The Morgan fingerprint density at radius 2 is 1.63 bits per heavy atom. The van der Waals surface area contributed by atoms with Gasteiger partial charge in [-0.05, 0) is 40.2 Å². The van der Waals surface area contributed by atoms with Crippen molar-refractivity contribution < 1.29 is 18.5 Å². The van der Waals surface area contributed by atoms with Crippen molar-refractivity contribution in [2.24, 2.45) is 5.41 Å². The molecule has 2 amide bonds. The van der Waals surface area contributed by atoms with Crippen LogP contribution in [0.3, 0.4) is 0 Å². The number of ether oxygens (including phenoxy) is 1. The summed E-state index contributed by atoms with van der Waals surface area (Å²) in [5, 5.41) is 2.89. The predicted octanol–water partition coefficient (Wildman–Crippen LogP) is 2.87. The van der Waals surface area contributed by atoms with Crippen LogP contribution >= 0.6 is 0 Å². The first-order valence-corrected chi connectivity index (χ1v) is 10.7. The highest BCUT2D eigenvalue weighted by atomic mass is 32.2. The summed E-state index contributed by atoms with van der Waals surface area (Å²) in [4.78, 5) is 27.4. The molecule has 2 rings (SSSR count). The Morgan fingerprint density at radius 1 is 1.07 bits per heavy atom. The summed E-state index contributed by atoms with van der Waals surface area (Å²) in [5.41, 5.74) is -0.685. The van der Waals surface area contributed by atoms with E-state index >= 15 is 0 Å². The van der Waals surface area contributed by atoms with E-state index in [1.165, 1.54) is 0 Å². The number of carbonyl (C=O) groups excluding carboxylic acids is 2. The van der Waals surface area contributed by atoms with E-state index in [0.29, 0.717) is 24.6 Å². The van der Waals surface area contributed by atoms with Gasteiger partial charge in [0.15, 0.2) is 0 Å². The monoisotopic (exact) mass is 394 g/mol. The van der Waals surface area contributed by atoms with Crippen LogP contribution in [0, 0.1) is 5.41 Å². The fraction of sp³-hybridized carbons (Fsp3) is 0.600. The molecule has 0 radical (unpaired) electrons. The third kappa shape index (κ3) is 5.79. The van der Waals surface area contributed by atoms with E-state index in [9.17, 15) is 13.8 Å². The van der Waals surface area contributed by atoms with Gasteiger partial charge in [-0.1, -0.05) is 30.3 Å². The van der Waals surface area contributed by atoms with Gasteiger partial charge in [-0.15, -0.1) is 0 Å². The van der Waals surface area contributed by atoms with Crippen molar-refractivity contribution in [3.63, 3.8) is 0 Å². The Bertz CT molecular complexity index is 688. The molecule has 1 saturated heterocycles. The second-order valence-electron chi connectivity index (χ2n) is 8.35. The average Bonchev–Trinajstić information content (AvgIpc) is 2.59. The van der Waals surface area contributed by atoms with Crippen LogP contribution in [-0.2, 0) is 20.3 Å². The molecule has 1 aliphatic heterocycles. The summed E-state index contributed by atoms with van der Waals surface area (Å²) in [6.07, 6.45) is -0.558. The van der Waals surface area contributed by atoms with Crippen molar-refractivity contribution in [2.45, 2.75) is 46.3 Å². The maximum absolute atomic E-state index is 13.2. The number of hydrogen-bond acceptors (Lipinski definition) is 4. The molecular formula is C20H30N2O4S. The Labute approximate surface area is 164 Å². The molecule has 0 aromatic heterocycles.